The number of nitrogens with one attached hydrogen (secondary N) is 2. The van der Waals surface area contributed by atoms with E-state index in [0.717, 1.165) is 4.90 Å². The Morgan fingerprint density at radius 3 is 2.78 bits per heavy atom. The SMILES string of the molecule is Cc1cc(=O)oc(C)c1C(=O)Nc1ccc2c(c1)NC(=O)CS2. The maximum absolute atomic E-state index is 12.4. The summed E-state index contributed by atoms with van der Waals surface area (Å²) in [5.41, 5.74) is 1.64. The van der Waals surface area contributed by atoms with Crippen LogP contribution >= 0.6 is 11.8 Å². The molecular weight excluding hydrogens is 316 g/mol. The quantitative estimate of drug-likeness (QED) is 0.883. The van der Waals surface area contributed by atoms with Crippen molar-refractivity contribution in [1.82, 2.24) is 0 Å². The van der Waals surface area contributed by atoms with E-state index >= 15 is 0 Å². The van der Waals surface area contributed by atoms with Crippen LogP contribution in [0.5, 0.6) is 0 Å². The Balaban J connectivity index is 1.88. The minimum atomic E-state index is -0.481. The van der Waals surface area contributed by atoms with Gasteiger partial charge in [0.15, 0.2) is 0 Å². The van der Waals surface area contributed by atoms with Gasteiger partial charge in [0.2, 0.25) is 5.91 Å². The van der Waals surface area contributed by atoms with Gasteiger partial charge in [-0.25, -0.2) is 4.79 Å². The lowest BCUT2D eigenvalue weighted by Gasteiger charge is -2.17. The van der Waals surface area contributed by atoms with Crippen molar-refractivity contribution in [3.8, 4) is 0 Å². The highest BCUT2D eigenvalue weighted by Gasteiger charge is 2.18. The second-order valence-corrected chi connectivity index (χ2v) is 6.20. The molecule has 6 nitrogen and oxygen atoms in total. The van der Waals surface area contributed by atoms with E-state index in [9.17, 15) is 14.4 Å². The first kappa shape index (κ1) is 15.4. The summed E-state index contributed by atoms with van der Waals surface area (Å²) in [6.45, 7) is 3.26. The van der Waals surface area contributed by atoms with E-state index in [1.54, 1.807) is 26.0 Å². The smallest absolute Gasteiger partial charge is 0.336 e. The standard InChI is InChI=1S/C16H14N2O4S/c1-8-5-14(20)22-9(2)15(8)16(21)17-10-3-4-12-11(6-10)18-13(19)7-23-12/h3-6H,7H2,1-2H3,(H,17,21)(H,18,19). The van der Waals surface area contributed by atoms with E-state index in [-0.39, 0.29) is 17.6 Å². The molecule has 1 aliphatic rings. The highest BCUT2D eigenvalue weighted by atomic mass is 32.2. The van der Waals surface area contributed by atoms with Gasteiger partial charge >= 0.3 is 5.63 Å². The zero-order chi connectivity index (χ0) is 16.6. The van der Waals surface area contributed by atoms with Gasteiger partial charge in [0.05, 0.1) is 17.0 Å². The number of hydrogen-bond donors (Lipinski definition) is 2. The fraction of sp³-hybridized carbons (Fsp3) is 0.188. The van der Waals surface area contributed by atoms with Gasteiger partial charge in [-0.15, -0.1) is 11.8 Å². The minimum absolute atomic E-state index is 0.0671. The monoisotopic (exact) mass is 330 g/mol. The first-order chi connectivity index (χ1) is 10.9. The number of thioether (sulfide) groups is 1. The van der Waals surface area contributed by atoms with Crippen molar-refractivity contribution >= 4 is 35.0 Å². The first-order valence-corrected chi connectivity index (χ1v) is 7.92. The molecule has 2 aromatic rings. The van der Waals surface area contributed by atoms with E-state index in [1.165, 1.54) is 17.8 Å². The molecule has 3 rings (SSSR count). The average Bonchev–Trinajstić information content (AvgIpc) is 2.45. The molecular formula is C16H14N2O4S. The Morgan fingerprint density at radius 2 is 2.04 bits per heavy atom. The van der Waals surface area contributed by atoms with Gasteiger partial charge in [0.25, 0.3) is 5.91 Å². The third kappa shape index (κ3) is 3.14. The molecule has 2 N–H and O–H groups in total. The second kappa shape index (κ2) is 5.92. The Hall–Kier alpha value is -2.54. The summed E-state index contributed by atoms with van der Waals surface area (Å²) in [4.78, 5) is 36.1. The maximum Gasteiger partial charge on any atom is 0.336 e. The Kier molecular flexibility index (Phi) is 3.96. The van der Waals surface area contributed by atoms with Gasteiger partial charge in [-0.3, -0.25) is 9.59 Å². The number of aryl methyl sites for hydroxylation is 2. The van der Waals surface area contributed by atoms with Crippen LogP contribution in [0.3, 0.4) is 0 Å². The van der Waals surface area contributed by atoms with E-state index < -0.39 is 5.63 Å². The summed E-state index contributed by atoms with van der Waals surface area (Å²) in [6.07, 6.45) is 0. The molecule has 0 fully saturated rings. The minimum Gasteiger partial charge on any atom is -0.427 e. The number of benzene rings is 1. The molecule has 23 heavy (non-hydrogen) atoms. The molecule has 1 aromatic heterocycles. The highest BCUT2D eigenvalue weighted by Crippen LogP contribution is 2.33. The molecule has 0 bridgehead atoms. The molecule has 7 heteroatoms. The molecule has 0 unspecified atom stereocenters. The third-order valence-corrected chi connectivity index (χ3v) is 4.51. The zero-order valence-corrected chi connectivity index (χ0v) is 13.4. The summed E-state index contributed by atoms with van der Waals surface area (Å²) in [7, 11) is 0. The predicted molar refractivity (Wildman–Crippen MR) is 88.2 cm³/mol. The van der Waals surface area contributed by atoms with Gasteiger partial charge in [-0.05, 0) is 37.6 Å². The Morgan fingerprint density at radius 1 is 1.26 bits per heavy atom. The van der Waals surface area contributed by atoms with E-state index in [2.05, 4.69) is 10.6 Å². The molecule has 0 saturated carbocycles. The molecule has 2 amide bonds. The van der Waals surface area contributed by atoms with Crippen LogP contribution in [0.25, 0.3) is 0 Å². The fourth-order valence-corrected chi connectivity index (χ4v) is 3.24. The number of fused-ring (bicyclic) bond motifs is 1. The van der Waals surface area contributed by atoms with Crippen LogP contribution in [0, 0.1) is 13.8 Å². The normalized spacial score (nSPS) is 13.2. The van der Waals surface area contributed by atoms with Crippen LogP contribution in [0.15, 0.2) is 38.4 Å². The highest BCUT2D eigenvalue weighted by molar-refractivity contribution is 8.00. The van der Waals surface area contributed by atoms with Crippen molar-refractivity contribution in [1.29, 1.82) is 0 Å². The van der Waals surface area contributed by atoms with E-state index in [1.807, 2.05) is 6.07 Å². The van der Waals surface area contributed by atoms with Gasteiger partial charge in [0.1, 0.15) is 5.76 Å². The molecule has 0 aliphatic carbocycles. The number of carbonyl (C=O) groups is 2. The van der Waals surface area contributed by atoms with Gasteiger partial charge in [-0.1, -0.05) is 0 Å². The largest absolute Gasteiger partial charge is 0.427 e. The lowest BCUT2D eigenvalue weighted by Crippen LogP contribution is -2.20. The van der Waals surface area contributed by atoms with Crippen LogP contribution in [-0.4, -0.2) is 17.6 Å². The molecule has 0 saturated heterocycles. The van der Waals surface area contributed by atoms with Crippen molar-refractivity contribution in [3.05, 3.63) is 51.6 Å². The lowest BCUT2D eigenvalue weighted by atomic mass is 10.1. The fourth-order valence-electron chi connectivity index (χ4n) is 2.45. The molecule has 0 spiro atoms. The van der Waals surface area contributed by atoms with Crippen molar-refractivity contribution in [2.24, 2.45) is 0 Å². The number of anilines is 2. The van der Waals surface area contributed by atoms with Crippen LogP contribution in [0.4, 0.5) is 11.4 Å². The van der Waals surface area contributed by atoms with Gasteiger partial charge < -0.3 is 15.1 Å². The molecule has 1 aromatic carbocycles. The molecule has 1 aliphatic heterocycles. The third-order valence-electron chi connectivity index (χ3n) is 3.43. The van der Waals surface area contributed by atoms with Gasteiger partial charge in [0, 0.05) is 16.6 Å². The van der Waals surface area contributed by atoms with Crippen LogP contribution in [-0.2, 0) is 4.79 Å². The van der Waals surface area contributed by atoms with Crippen molar-refractivity contribution in [3.63, 3.8) is 0 Å². The Labute approximate surface area is 136 Å². The summed E-state index contributed by atoms with van der Waals surface area (Å²) in [5, 5.41) is 5.54. The maximum atomic E-state index is 12.4. The average molecular weight is 330 g/mol. The van der Waals surface area contributed by atoms with Crippen molar-refractivity contribution < 1.29 is 14.0 Å². The second-order valence-electron chi connectivity index (χ2n) is 5.18. The number of hydrogen-bond acceptors (Lipinski definition) is 5. The lowest BCUT2D eigenvalue weighted by molar-refractivity contribution is -0.113. The van der Waals surface area contributed by atoms with Crippen LogP contribution < -0.4 is 16.3 Å². The van der Waals surface area contributed by atoms with Crippen LogP contribution in [0.2, 0.25) is 0 Å². The molecule has 0 atom stereocenters. The topological polar surface area (TPSA) is 88.4 Å². The summed E-state index contributed by atoms with van der Waals surface area (Å²) in [6, 6.07) is 6.61. The number of rotatable bonds is 2. The van der Waals surface area contributed by atoms with Crippen molar-refractivity contribution in [2.75, 3.05) is 16.4 Å². The number of amides is 2. The summed E-state index contributed by atoms with van der Waals surface area (Å²) in [5.74, 6) is 0.232. The Bertz CT molecular complexity index is 847. The first-order valence-electron chi connectivity index (χ1n) is 6.93. The summed E-state index contributed by atoms with van der Waals surface area (Å²) < 4.78 is 4.98. The zero-order valence-electron chi connectivity index (χ0n) is 12.6. The van der Waals surface area contributed by atoms with Crippen LogP contribution in [0.1, 0.15) is 21.7 Å². The molecule has 0 radical (unpaired) electrons. The van der Waals surface area contributed by atoms with Crippen molar-refractivity contribution in [2.45, 2.75) is 18.7 Å². The number of carbonyl (C=O) groups excluding carboxylic acids is 2. The van der Waals surface area contributed by atoms with Gasteiger partial charge in [-0.2, -0.15) is 0 Å². The summed E-state index contributed by atoms with van der Waals surface area (Å²) >= 11 is 1.45. The molecule has 2 heterocycles. The van der Waals surface area contributed by atoms with E-state index in [0.29, 0.717) is 28.3 Å². The molecule has 118 valence electrons. The predicted octanol–water partition coefficient (Wildman–Crippen LogP) is 2.55. The van der Waals surface area contributed by atoms with E-state index in [4.69, 9.17) is 4.42 Å².